The first-order chi connectivity index (χ1) is 9.83. The van der Waals surface area contributed by atoms with E-state index in [1.165, 1.54) is 42.6 Å². The summed E-state index contributed by atoms with van der Waals surface area (Å²) in [6.07, 6.45) is 9.19. The van der Waals surface area contributed by atoms with E-state index < -0.39 is 0 Å². The van der Waals surface area contributed by atoms with Crippen LogP contribution in [-0.2, 0) is 0 Å². The van der Waals surface area contributed by atoms with Crippen molar-refractivity contribution < 1.29 is 0 Å². The molecule has 102 valence electrons. The maximum Gasteiger partial charge on any atom is 0.0751 e. The summed E-state index contributed by atoms with van der Waals surface area (Å²) < 4.78 is 0. The van der Waals surface area contributed by atoms with Crippen molar-refractivity contribution in [3.8, 4) is 0 Å². The SMILES string of the molecule is Cc1cccc2c(N3CC4CC=CCC4C3)ccnc12. The Labute approximate surface area is 120 Å². The van der Waals surface area contributed by atoms with Crippen molar-refractivity contribution in [2.45, 2.75) is 19.8 Å². The van der Waals surface area contributed by atoms with Crippen molar-refractivity contribution in [2.24, 2.45) is 11.8 Å². The van der Waals surface area contributed by atoms with Gasteiger partial charge in [0.05, 0.1) is 5.52 Å². The molecule has 2 heterocycles. The lowest BCUT2D eigenvalue weighted by atomic mass is 9.86. The van der Waals surface area contributed by atoms with Crippen LogP contribution >= 0.6 is 0 Å². The van der Waals surface area contributed by atoms with Gasteiger partial charge in [0, 0.05) is 30.4 Å². The summed E-state index contributed by atoms with van der Waals surface area (Å²) >= 11 is 0. The van der Waals surface area contributed by atoms with Gasteiger partial charge in [0.2, 0.25) is 0 Å². The van der Waals surface area contributed by atoms with E-state index in [4.69, 9.17) is 0 Å². The molecule has 0 radical (unpaired) electrons. The second kappa shape index (κ2) is 4.62. The summed E-state index contributed by atoms with van der Waals surface area (Å²) in [5.74, 6) is 1.68. The maximum atomic E-state index is 4.56. The van der Waals surface area contributed by atoms with E-state index in [0.717, 1.165) is 17.4 Å². The zero-order chi connectivity index (χ0) is 13.5. The van der Waals surface area contributed by atoms with Crippen molar-refractivity contribution in [3.05, 3.63) is 48.2 Å². The van der Waals surface area contributed by atoms with Crippen LogP contribution in [0.1, 0.15) is 18.4 Å². The lowest BCUT2D eigenvalue weighted by Crippen LogP contribution is -2.20. The van der Waals surface area contributed by atoms with Crippen LogP contribution in [0.4, 0.5) is 5.69 Å². The molecule has 1 aromatic heterocycles. The fraction of sp³-hybridized carbons (Fsp3) is 0.389. The number of benzene rings is 1. The molecule has 1 aliphatic carbocycles. The fourth-order valence-electron chi connectivity index (χ4n) is 3.80. The molecular formula is C18H20N2. The molecule has 0 amide bonds. The number of pyridine rings is 1. The Balaban J connectivity index is 1.75. The van der Waals surface area contributed by atoms with Crippen molar-refractivity contribution in [3.63, 3.8) is 0 Å². The Morgan fingerprint density at radius 2 is 1.80 bits per heavy atom. The number of anilines is 1. The number of rotatable bonds is 1. The molecule has 2 unspecified atom stereocenters. The molecule has 2 aromatic rings. The third kappa shape index (κ3) is 1.82. The minimum absolute atomic E-state index is 0.841. The highest BCUT2D eigenvalue weighted by Crippen LogP contribution is 2.37. The number of aromatic nitrogens is 1. The summed E-state index contributed by atoms with van der Waals surface area (Å²) in [5.41, 5.74) is 3.79. The highest BCUT2D eigenvalue weighted by Gasteiger charge is 2.33. The lowest BCUT2D eigenvalue weighted by molar-refractivity contribution is 0.411. The van der Waals surface area contributed by atoms with Crippen LogP contribution < -0.4 is 4.90 Å². The molecule has 0 spiro atoms. The van der Waals surface area contributed by atoms with E-state index in [2.05, 4.69) is 53.2 Å². The molecule has 4 rings (SSSR count). The van der Waals surface area contributed by atoms with Gasteiger partial charge < -0.3 is 4.90 Å². The summed E-state index contributed by atoms with van der Waals surface area (Å²) in [7, 11) is 0. The van der Waals surface area contributed by atoms with Crippen molar-refractivity contribution in [1.29, 1.82) is 0 Å². The van der Waals surface area contributed by atoms with E-state index in [1.807, 2.05) is 6.20 Å². The van der Waals surface area contributed by atoms with Crippen molar-refractivity contribution in [2.75, 3.05) is 18.0 Å². The number of nitrogens with zero attached hydrogens (tertiary/aromatic N) is 2. The van der Waals surface area contributed by atoms with Gasteiger partial charge in [-0.15, -0.1) is 0 Å². The van der Waals surface area contributed by atoms with Crippen molar-refractivity contribution >= 4 is 16.6 Å². The zero-order valence-electron chi connectivity index (χ0n) is 11.9. The number of hydrogen-bond donors (Lipinski definition) is 0. The molecule has 0 bridgehead atoms. The van der Waals surface area contributed by atoms with Crippen LogP contribution in [0.5, 0.6) is 0 Å². The minimum atomic E-state index is 0.841. The molecule has 2 atom stereocenters. The first-order valence-electron chi connectivity index (χ1n) is 7.57. The number of para-hydroxylation sites is 1. The Kier molecular flexibility index (Phi) is 2.76. The number of fused-ring (bicyclic) bond motifs is 2. The van der Waals surface area contributed by atoms with Crippen LogP contribution in [0.2, 0.25) is 0 Å². The molecule has 2 nitrogen and oxygen atoms in total. The average molecular weight is 264 g/mol. The Bertz CT molecular complexity index is 658. The molecule has 0 N–H and O–H groups in total. The molecule has 1 aromatic carbocycles. The Morgan fingerprint density at radius 3 is 2.55 bits per heavy atom. The molecule has 1 aliphatic heterocycles. The molecule has 1 saturated heterocycles. The number of hydrogen-bond acceptors (Lipinski definition) is 2. The van der Waals surface area contributed by atoms with Crippen LogP contribution in [0.25, 0.3) is 10.9 Å². The van der Waals surface area contributed by atoms with Gasteiger partial charge in [-0.1, -0.05) is 30.4 Å². The lowest BCUT2D eigenvalue weighted by Gasteiger charge is -2.20. The summed E-state index contributed by atoms with van der Waals surface area (Å²) in [6, 6.07) is 8.69. The monoisotopic (exact) mass is 264 g/mol. The summed E-state index contributed by atoms with van der Waals surface area (Å²) in [4.78, 5) is 7.14. The number of allylic oxidation sites excluding steroid dienone is 2. The predicted octanol–water partition coefficient (Wildman–Crippen LogP) is 3.95. The van der Waals surface area contributed by atoms with Crippen LogP contribution in [0.3, 0.4) is 0 Å². The first-order valence-corrected chi connectivity index (χ1v) is 7.57. The van der Waals surface area contributed by atoms with Gasteiger partial charge in [-0.3, -0.25) is 4.98 Å². The number of aryl methyl sites for hydroxylation is 1. The Hall–Kier alpha value is -1.83. The largest absolute Gasteiger partial charge is 0.370 e. The highest BCUT2D eigenvalue weighted by atomic mass is 15.2. The van der Waals surface area contributed by atoms with Gasteiger partial charge in [0.1, 0.15) is 0 Å². The minimum Gasteiger partial charge on any atom is -0.370 e. The highest BCUT2D eigenvalue weighted by molar-refractivity contribution is 5.93. The predicted molar refractivity (Wildman–Crippen MR) is 84.0 cm³/mol. The average Bonchev–Trinajstić information content (AvgIpc) is 2.91. The molecule has 0 saturated carbocycles. The fourth-order valence-corrected chi connectivity index (χ4v) is 3.80. The standard InChI is InChI=1S/C18H20N2/c1-13-5-4-8-16-17(9-10-19-18(13)16)20-11-14-6-2-3-7-15(14)12-20/h2-5,8-10,14-15H,6-7,11-12H2,1H3. The van der Waals surface area contributed by atoms with Crippen LogP contribution in [0, 0.1) is 18.8 Å². The summed E-state index contributed by atoms with van der Waals surface area (Å²) in [6.45, 7) is 4.54. The summed E-state index contributed by atoms with van der Waals surface area (Å²) in [5, 5.41) is 1.30. The van der Waals surface area contributed by atoms with Gasteiger partial charge >= 0.3 is 0 Å². The molecule has 2 heteroatoms. The second-order valence-electron chi connectivity index (χ2n) is 6.17. The van der Waals surface area contributed by atoms with E-state index in [1.54, 1.807) is 0 Å². The van der Waals surface area contributed by atoms with Gasteiger partial charge in [-0.25, -0.2) is 0 Å². The molecule has 2 aliphatic rings. The third-order valence-corrected chi connectivity index (χ3v) is 4.91. The normalized spacial score (nSPS) is 25.1. The molecule has 1 fully saturated rings. The topological polar surface area (TPSA) is 16.1 Å². The van der Waals surface area contributed by atoms with Gasteiger partial charge in [0.15, 0.2) is 0 Å². The molecule has 20 heavy (non-hydrogen) atoms. The second-order valence-corrected chi connectivity index (χ2v) is 6.17. The quantitative estimate of drug-likeness (QED) is 0.725. The van der Waals surface area contributed by atoms with E-state index >= 15 is 0 Å². The van der Waals surface area contributed by atoms with Crippen molar-refractivity contribution in [1.82, 2.24) is 4.98 Å². The van der Waals surface area contributed by atoms with Gasteiger partial charge in [-0.2, -0.15) is 0 Å². The maximum absolute atomic E-state index is 4.56. The first kappa shape index (κ1) is 12.0. The van der Waals surface area contributed by atoms with E-state index in [-0.39, 0.29) is 0 Å². The van der Waals surface area contributed by atoms with Crippen LogP contribution in [0.15, 0.2) is 42.6 Å². The smallest absolute Gasteiger partial charge is 0.0751 e. The Morgan fingerprint density at radius 1 is 1.05 bits per heavy atom. The third-order valence-electron chi connectivity index (χ3n) is 4.91. The zero-order valence-corrected chi connectivity index (χ0v) is 11.9. The molecular weight excluding hydrogens is 244 g/mol. The van der Waals surface area contributed by atoms with Gasteiger partial charge in [0.25, 0.3) is 0 Å². The van der Waals surface area contributed by atoms with E-state index in [0.29, 0.717) is 0 Å². The van der Waals surface area contributed by atoms with Crippen LogP contribution in [-0.4, -0.2) is 18.1 Å². The van der Waals surface area contributed by atoms with E-state index in [9.17, 15) is 0 Å². The van der Waals surface area contributed by atoms with Gasteiger partial charge in [-0.05, 0) is 43.2 Å².